The molecule has 116 valence electrons. The second kappa shape index (κ2) is 6.80. The number of benzene rings is 1. The molecule has 2 N–H and O–H groups in total. The molecule has 1 aromatic rings. The zero-order valence-electron chi connectivity index (χ0n) is 11.4. The second-order valence-electron chi connectivity index (χ2n) is 4.94. The topological polar surface area (TPSA) is 50.4 Å². The lowest BCUT2D eigenvalue weighted by Gasteiger charge is -2.23. The van der Waals surface area contributed by atoms with E-state index in [-0.39, 0.29) is 17.7 Å². The molecular weight excluding hydrogens is 285 g/mol. The van der Waals surface area contributed by atoms with Crippen molar-refractivity contribution in [3.8, 4) is 5.75 Å². The second-order valence-corrected chi connectivity index (χ2v) is 4.94. The molecule has 0 aromatic heterocycles. The van der Waals surface area contributed by atoms with Gasteiger partial charge in [-0.25, -0.2) is 0 Å². The Balaban J connectivity index is 1.87. The Hall–Kier alpha value is -1.76. The first-order valence-corrected chi connectivity index (χ1v) is 6.75. The number of carbonyl (C=O) groups is 1. The van der Waals surface area contributed by atoms with Gasteiger partial charge in [0.15, 0.2) is 6.61 Å². The fraction of sp³-hybridized carbons (Fsp3) is 0.500. The number of ether oxygens (including phenoxy) is 1. The third kappa shape index (κ3) is 5.26. The van der Waals surface area contributed by atoms with Gasteiger partial charge in [-0.15, -0.1) is 0 Å². The minimum atomic E-state index is -4.37. The van der Waals surface area contributed by atoms with Crippen LogP contribution in [0.25, 0.3) is 0 Å². The molecule has 0 radical (unpaired) electrons. The molecular formula is C14H17F3N2O2. The lowest BCUT2D eigenvalue weighted by Crippen LogP contribution is -2.45. The first-order chi connectivity index (χ1) is 9.94. The largest absolute Gasteiger partial charge is 0.484 e. The molecule has 1 aliphatic heterocycles. The molecule has 1 fully saturated rings. The maximum Gasteiger partial charge on any atom is 0.422 e. The van der Waals surface area contributed by atoms with Crippen molar-refractivity contribution in [2.75, 3.05) is 19.7 Å². The Morgan fingerprint density at radius 3 is 2.62 bits per heavy atom. The zero-order chi connectivity index (χ0) is 15.3. The van der Waals surface area contributed by atoms with E-state index in [1.807, 2.05) is 0 Å². The van der Waals surface area contributed by atoms with Crippen LogP contribution in [0.3, 0.4) is 0 Å². The van der Waals surface area contributed by atoms with Crippen molar-refractivity contribution in [2.24, 2.45) is 0 Å². The summed E-state index contributed by atoms with van der Waals surface area (Å²) in [5.74, 6) is -0.144. The van der Waals surface area contributed by atoms with E-state index in [4.69, 9.17) is 0 Å². The minimum Gasteiger partial charge on any atom is -0.484 e. The minimum absolute atomic E-state index is 0.0863. The zero-order valence-corrected chi connectivity index (χ0v) is 11.4. The van der Waals surface area contributed by atoms with E-state index in [0.29, 0.717) is 5.56 Å². The van der Waals surface area contributed by atoms with E-state index in [2.05, 4.69) is 15.4 Å². The lowest BCUT2D eigenvalue weighted by molar-refractivity contribution is -0.153. The number of carbonyl (C=O) groups excluding carboxylic acids is 1. The first kappa shape index (κ1) is 15.6. The van der Waals surface area contributed by atoms with Crippen LogP contribution >= 0.6 is 0 Å². The van der Waals surface area contributed by atoms with Gasteiger partial charge in [0.2, 0.25) is 0 Å². The van der Waals surface area contributed by atoms with Crippen LogP contribution in [-0.2, 0) is 0 Å². The number of halogens is 3. The summed E-state index contributed by atoms with van der Waals surface area (Å²) in [5.41, 5.74) is 0.403. The van der Waals surface area contributed by atoms with Crippen LogP contribution < -0.4 is 15.4 Å². The Bertz CT molecular complexity index is 468. The first-order valence-electron chi connectivity index (χ1n) is 6.75. The van der Waals surface area contributed by atoms with Gasteiger partial charge in [-0.1, -0.05) is 0 Å². The number of alkyl halides is 3. The summed E-state index contributed by atoms with van der Waals surface area (Å²) < 4.78 is 40.6. The molecule has 1 saturated heterocycles. The lowest BCUT2D eigenvalue weighted by atomic mass is 10.1. The number of piperidine rings is 1. The number of hydrogen-bond acceptors (Lipinski definition) is 3. The van der Waals surface area contributed by atoms with Gasteiger partial charge in [0, 0.05) is 18.2 Å². The van der Waals surface area contributed by atoms with Crippen LogP contribution in [0.2, 0.25) is 0 Å². The molecule has 0 spiro atoms. The predicted molar refractivity (Wildman–Crippen MR) is 71.3 cm³/mol. The fourth-order valence-corrected chi connectivity index (χ4v) is 2.11. The van der Waals surface area contributed by atoms with Crippen molar-refractivity contribution >= 4 is 5.91 Å². The molecule has 0 unspecified atom stereocenters. The Morgan fingerprint density at radius 2 is 2.05 bits per heavy atom. The fourth-order valence-electron chi connectivity index (χ4n) is 2.11. The highest BCUT2D eigenvalue weighted by atomic mass is 19.4. The van der Waals surface area contributed by atoms with Crippen molar-refractivity contribution in [1.82, 2.24) is 10.6 Å². The Kier molecular flexibility index (Phi) is 5.06. The molecule has 21 heavy (non-hydrogen) atoms. The average Bonchev–Trinajstić information content (AvgIpc) is 2.46. The quantitative estimate of drug-likeness (QED) is 0.895. The summed E-state index contributed by atoms with van der Waals surface area (Å²) in [6.45, 7) is 0.350. The highest BCUT2D eigenvalue weighted by molar-refractivity contribution is 5.94. The van der Waals surface area contributed by atoms with Crippen molar-refractivity contribution in [3.63, 3.8) is 0 Å². The van der Waals surface area contributed by atoms with Gasteiger partial charge in [-0.05, 0) is 43.7 Å². The van der Waals surface area contributed by atoms with E-state index in [1.54, 1.807) is 0 Å². The van der Waals surface area contributed by atoms with Gasteiger partial charge < -0.3 is 15.4 Å². The summed E-state index contributed by atoms with van der Waals surface area (Å²) in [6, 6.07) is 5.72. The molecule has 0 bridgehead atoms. The molecule has 0 aliphatic carbocycles. The SMILES string of the molecule is O=C(N[C@H]1CCCNC1)c1ccc(OCC(F)(F)F)cc1. The van der Waals surface area contributed by atoms with Gasteiger partial charge >= 0.3 is 6.18 Å². The van der Waals surface area contributed by atoms with Crippen LogP contribution in [0.4, 0.5) is 13.2 Å². The van der Waals surface area contributed by atoms with Crippen molar-refractivity contribution < 1.29 is 22.7 Å². The molecule has 4 nitrogen and oxygen atoms in total. The molecule has 7 heteroatoms. The van der Waals surface area contributed by atoms with E-state index in [0.717, 1.165) is 25.9 Å². The van der Waals surface area contributed by atoms with Gasteiger partial charge in [0.25, 0.3) is 5.91 Å². The maximum atomic E-state index is 12.0. The summed E-state index contributed by atoms with van der Waals surface area (Å²) in [7, 11) is 0. The Labute approximate surface area is 120 Å². The van der Waals surface area contributed by atoms with Gasteiger partial charge in [-0.3, -0.25) is 4.79 Å². The molecule has 1 aromatic carbocycles. The third-order valence-electron chi connectivity index (χ3n) is 3.15. The highest BCUT2D eigenvalue weighted by Gasteiger charge is 2.28. The summed E-state index contributed by atoms with van der Waals surface area (Å²) in [5, 5.41) is 6.08. The molecule has 1 amide bonds. The van der Waals surface area contributed by atoms with Gasteiger partial charge in [0.1, 0.15) is 5.75 Å². The van der Waals surface area contributed by atoms with E-state index in [9.17, 15) is 18.0 Å². The number of amides is 1. The smallest absolute Gasteiger partial charge is 0.422 e. The summed E-state index contributed by atoms with van der Waals surface area (Å²) in [6.07, 6.45) is -2.44. The standard InChI is InChI=1S/C14H17F3N2O2/c15-14(16,17)9-21-12-5-3-10(4-6-12)13(20)19-11-2-1-7-18-8-11/h3-6,11,18H,1-2,7-9H2,(H,19,20)/t11-/m0/s1. The van der Waals surface area contributed by atoms with E-state index < -0.39 is 12.8 Å². The molecule has 1 aliphatic rings. The van der Waals surface area contributed by atoms with Crippen molar-refractivity contribution in [2.45, 2.75) is 25.1 Å². The number of hydrogen-bond donors (Lipinski definition) is 2. The summed E-state index contributed by atoms with van der Waals surface area (Å²) >= 11 is 0. The van der Waals surface area contributed by atoms with Crippen LogP contribution in [-0.4, -0.2) is 37.8 Å². The molecule has 0 saturated carbocycles. The van der Waals surface area contributed by atoms with Crippen molar-refractivity contribution in [1.29, 1.82) is 0 Å². The number of nitrogens with one attached hydrogen (secondary N) is 2. The maximum absolute atomic E-state index is 12.0. The van der Waals surface area contributed by atoms with Crippen LogP contribution in [0, 0.1) is 0 Å². The predicted octanol–water partition coefficient (Wildman–Crippen LogP) is 2.11. The molecule has 2 rings (SSSR count). The van der Waals surface area contributed by atoms with Gasteiger partial charge in [-0.2, -0.15) is 13.2 Å². The highest BCUT2D eigenvalue weighted by Crippen LogP contribution is 2.19. The van der Waals surface area contributed by atoms with Crippen LogP contribution in [0.15, 0.2) is 24.3 Å². The third-order valence-corrected chi connectivity index (χ3v) is 3.15. The average molecular weight is 302 g/mol. The van der Waals surface area contributed by atoms with Crippen LogP contribution in [0.1, 0.15) is 23.2 Å². The van der Waals surface area contributed by atoms with E-state index in [1.165, 1.54) is 24.3 Å². The monoisotopic (exact) mass is 302 g/mol. The van der Waals surface area contributed by atoms with Gasteiger partial charge in [0.05, 0.1) is 0 Å². The molecule has 1 atom stereocenters. The molecule has 1 heterocycles. The van der Waals surface area contributed by atoms with Crippen molar-refractivity contribution in [3.05, 3.63) is 29.8 Å². The van der Waals surface area contributed by atoms with Crippen LogP contribution in [0.5, 0.6) is 5.75 Å². The summed E-state index contributed by atoms with van der Waals surface area (Å²) in [4.78, 5) is 12.0. The Morgan fingerprint density at radius 1 is 1.33 bits per heavy atom. The normalized spacial score (nSPS) is 19.1. The van der Waals surface area contributed by atoms with E-state index >= 15 is 0 Å². The number of rotatable bonds is 4.